The molecular formula is C20H22N2O3. The Morgan fingerprint density at radius 1 is 1.20 bits per heavy atom. The monoisotopic (exact) mass is 338 g/mol. The van der Waals surface area contributed by atoms with Crippen LogP contribution >= 0.6 is 0 Å². The smallest absolute Gasteiger partial charge is 0.319 e. The number of hydrogen-bond donors (Lipinski definition) is 2. The van der Waals surface area contributed by atoms with E-state index in [9.17, 15) is 4.79 Å². The Labute approximate surface area is 147 Å². The molecule has 5 heteroatoms. The van der Waals surface area contributed by atoms with Crippen LogP contribution in [0.2, 0.25) is 0 Å². The van der Waals surface area contributed by atoms with Gasteiger partial charge in [0.1, 0.15) is 5.76 Å². The van der Waals surface area contributed by atoms with E-state index in [1.807, 2.05) is 69.3 Å². The second-order valence-corrected chi connectivity index (χ2v) is 5.95. The van der Waals surface area contributed by atoms with E-state index < -0.39 is 0 Å². The maximum Gasteiger partial charge on any atom is 0.319 e. The van der Waals surface area contributed by atoms with Gasteiger partial charge < -0.3 is 19.8 Å². The Morgan fingerprint density at radius 3 is 2.76 bits per heavy atom. The number of urea groups is 1. The molecule has 0 radical (unpaired) electrons. The predicted octanol–water partition coefficient (Wildman–Crippen LogP) is 5.02. The second-order valence-electron chi connectivity index (χ2n) is 5.95. The molecule has 3 rings (SSSR count). The molecule has 1 atom stereocenters. The van der Waals surface area contributed by atoms with Crippen molar-refractivity contribution in [3.63, 3.8) is 0 Å². The van der Waals surface area contributed by atoms with Crippen LogP contribution in [0.1, 0.15) is 31.2 Å². The molecule has 0 aliphatic heterocycles. The largest absolute Gasteiger partial charge is 0.490 e. The molecule has 0 spiro atoms. The lowest BCUT2D eigenvalue weighted by Crippen LogP contribution is -2.30. The van der Waals surface area contributed by atoms with Crippen LogP contribution in [0.15, 0.2) is 52.9 Å². The molecule has 0 saturated carbocycles. The molecule has 0 aliphatic rings. The van der Waals surface area contributed by atoms with E-state index >= 15 is 0 Å². The summed E-state index contributed by atoms with van der Waals surface area (Å²) in [5, 5.41) is 6.68. The van der Waals surface area contributed by atoms with Crippen molar-refractivity contribution in [1.82, 2.24) is 5.32 Å². The van der Waals surface area contributed by atoms with E-state index in [-0.39, 0.29) is 12.1 Å². The topological polar surface area (TPSA) is 63.5 Å². The number of aryl methyl sites for hydroxylation is 1. The van der Waals surface area contributed by atoms with E-state index in [0.717, 1.165) is 16.6 Å². The number of anilines is 1. The molecule has 3 aromatic rings. The lowest BCUT2D eigenvalue weighted by molar-refractivity contribution is 0.248. The Kier molecular flexibility index (Phi) is 4.93. The van der Waals surface area contributed by atoms with Gasteiger partial charge in [0.2, 0.25) is 0 Å². The van der Waals surface area contributed by atoms with Crippen LogP contribution in [-0.2, 0) is 0 Å². The standard InChI is InChI=1S/C20H22N2O3/c1-4-24-17-10-6-8-15-12-18(25-19(15)17)14(3)21-20(23)22-16-9-5-7-13(2)11-16/h5-12,14H,4H2,1-3H3,(H2,21,22,23)/t14-/m0/s1. The van der Waals surface area contributed by atoms with Gasteiger partial charge in [0.25, 0.3) is 0 Å². The highest BCUT2D eigenvalue weighted by atomic mass is 16.5. The first-order chi connectivity index (χ1) is 12.1. The molecule has 2 aromatic carbocycles. The summed E-state index contributed by atoms with van der Waals surface area (Å²) in [5.41, 5.74) is 2.55. The van der Waals surface area contributed by atoms with Gasteiger partial charge in [-0.15, -0.1) is 0 Å². The van der Waals surface area contributed by atoms with E-state index in [1.54, 1.807) is 0 Å². The van der Waals surface area contributed by atoms with Crippen LogP contribution in [0, 0.1) is 6.92 Å². The molecule has 0 bridgehead atoms. The van der Waals surface area contributed by atoms with Gasteiger partial charge in [-0.3, -0.25) is 0 Å². The molecule has 1 heterocycles. The Bertz CT molecular complexity index is 886. The third-order valence-corrected chi connectivity index (χ3v) is 3.88. The first-order valence-corrected chi connectivity index (χ1v) is 8.36. The van der Waals surface area contributed by atoms with Crippen molar-refractivity contribution >= 4 is 22.7 Å². The summed E-state index contributed by atoms with van der Waals surface area (Å²) in [6.07, 6.45) is 0. The minimum absolute atomic E-state index is 0.272. The van der Waals surface area contributed by atoms with Gasteiger partial charge in [0.05, 0.1) is 12.6 Å². The van der Waals surface area contributed by atoms with Crippen molar-refractivity contribution in [3.8, 4) is 5.75 Å². The van der Waals surface area contributed by atoms with Crippen molar-refractivity contribution < 1.29 is 13.9 Å². The van der Waals surface area contributed by atoms with Crippen molar-refractivity contribution in [2.75, 3.05) is 11.9 Å². The maximum absolute atomic E-state index is 12.2. The molecule has 0 fully saturated rings. The molecular weight excluding hydrogens is 316 g/mol. The zero-order valence-electron chi connectivity index (χ0n) is 14.6. The molecule has 2 amide bonds. The number of carbonyl (C=O) groups is 1. The minimum Gasteiger partial charge on any atom is -0.490 e. The summed E-state index contributed by atoms with van der Waals surface area (Å²) in [5.74, 6) is 1.39. The zero-order valence-corrected chi connectivity index (χ0v) is 14.6. The average molecular weight is 338 g/mol. The molecule has 130 valence electrons. The van der Waals surface area contributed by atoms with Gasteiger partial charge in [-0.25, -0.2) is 4.79 Å². The third-order valence-electron chi connectivity index (χ3n) is 3.88. The maximum atomic E-state index is 12.2. The molecule has 0 saturated heterocycles. The van der Waals surface area contributed by atoms with E-state index in [2.05, 4.69) is 10.6 Å². The van der Waals surface area contributed by atoms with Crippen LogP contribution in [-0.4, -0.2) is 12.6 Å². The SMILES string of the molecule is CCOc1cccc2cc([C@H](C)NC(=O)Nc3cccc(C)c3)oc12. The van der Waals surface area contributed by atoms with Crippen molar-refractivity contribution in [2.45, 2.75) is 26.8 Å². The lowest BCUT2D eigenvalue weighted by Gasteiger charge is -2.13. The normalized spacial score (nSPS) is 12.0. The number of ether oxygens (including phenoxy) is 1. The molecule has 1 aromatic heterocycles. The van der Waals surface area contributed by atoms with Gasteiger partial charge in [0.15, 0.2) is 11.3 Å². The number of nitrogens with one attached hydrogen (secondary N) is 2. The van der Waals surface area contributed by atoms with Gasteiger partial charge in [-0.2, -0.15) is 0 Å². The zero-order chi connectivity index (χ0) is 17.8. The average Bonchev–Trinajstić information content (AvgIpc) is 3.00. The Balaban J connectivity index is 1.72. The van der Waals surface area contributed by atoms with E-state index in [1.165, 1.54) is 0 Å². The molecule has 2 N–H and O–H groups in total. The predicted molar refractivity (Wildman–Crippen MR) is 99.1 cm³/mol. The van der Waals surface area contributed by atoms with Gasteiger partial charge in [-0.1, -0.05) is 24.3 Å². The van der Waals surface area contributed by atoms with E-state index in [0.29, 0.717) is 23.7 Å². The summed E-state index contributed by atoms with van der Waals surface area (Å²) in [4.78, 5) is 12.2. The summed E-state index contributed by atoms with van der Waals surface area (Å²) < 4.78 is 11.5. The van der Waals surface area contributed by atoms with Crippen LogP contribution in [0.3, 0.4) is 0 Å². The number of fused-ring (bicyclic) bond motifs is 1. The fourth-order valence-corrected chi connectivity index (χ4v) is 2.70. The lowest BCUT2D eigenvalue weighted by atomic mass is 10.2. The Hall–Kier alpha value is -2.95. The number of rotatable bonds is 5. The Morgan fingerprint density at radius 2 is 2.00 bits per heavy atom. The quantitative estimate of drug-likeness (QED) is 0.686. The van der Waals surface area contributed by atoms with Gasteiger partial charge >= 0.3 is 6.03 Å². The van der Waals surface area contributed by atoms with Gasteiger partial charge in [-0.05, 0) is 50.6 Å². The van der Waals surface area contributed by atoms with Crippen molar-refractivity contribution in [1.29, 1.82) is 0 Å². The molecule has 0 unspecified atom stereocenters. The summed E-state index contributed by atoms with van der Waals surface area (Å²) in [6.45, 7) is 6.37. The highest BCUT2D eigenvalue weighted by Crippen LogP contribution is 2.31. The number of furan rings is 1. The number of amides is 2. The van der Waals surface area contributed by atoms with Crippen LogP contribution in [0.4, 0.5) is 10.5 Å². The number of benzene rings is 2. The fourth-order valence-electron chi connectivity index (χ4n) is 2.70. The van der Waals surface area contributed by atoms with Crippen LogP contribution in [0.25, 0.3) is 11.0 Å². The molecule has 5 nitrogen and oxygen atoms in total. The number of para-hydroxylation sites is 1. The fraction of sp³-hybridized carbons (Fsp3) is 0.250. The first kappa shape index (κ1) is 16.9. The molecule has 25 heavy (non-hydrogen) atoms. The minimum atomic E-state index is -0.274. The molecule has 0 aliphatic carbocycles. The number of hydrogen-bond acceptors (Lipinski definition) is 3. The van der Waals surface area contributed by atoms with Gasteiger partial charge in [0, 0.05) is 11.1 Å². The first-order valence-electron chi connectivity index (χ1n) is 8.36. The highest BCUT2D eigenvalue weighted by Gasteiger charge is 2.16. The summed E-state index contributed by atoms with van der Waals surface area (Å²) in [7, 11) is 0. The summed E-state index contributed by atoms with van der Waals surface area (Å²) in [6, 6.07) is 14.8. The third kappa shape index (κ3) is 3.94. The van der Waals surface area contributed by atoms with Crippen LogP contribution in [0.5, 0.6) is 5.75 Å². The van der Waals surface area contributed by atoms with E-state index in [4.69, 9.17) is 9.15 Å². The summed E-state index contributed by atoms with van der Waals surface area (Å²) >= 11 is 0. The highest BCUT2D eigenvalue weighted by molar-refractivity contribution is 5.90. The van der Waals surface area contributed by atoms with Crippen molar-refractivity contribution in [3.05, 3.63) is 59.9 Å². The van der Waals surface area contributed by atoms with Crippen molar-refractivity contribution in [2.24, 2.45) is 0 Å². The second kappa shape index (κ2) is 7.30. The number of carbonyl (C=O) groups excluding carboxylic acids is 1. The van der Waals surface area contributed by atoms with Crippen LogP contribution < -0.4 is 15.4 Å².